The number of ether oxygens (including phenoxy) is 1. The van der Waals surface area contributed by atoms with E-state index in [9.17, 15) is 4.39 Å². The summed E-state index contributed by atoms with van der Waals surface area (Å²) >= 11 is 6.13. The van der Waals surface area contributed by atoms with Gasteiger partial charge in [-0.05, 0) is 42.8 Å². The molecule has 2 rings (SSSR count). The van der Waals surface area contributed by atoms with Crippen molar-refractivity contribution in [3.63, 3.8) is 0 Å². The molecular weight excluding hydrogens is 291 g/mol. The quantitative estimate of drug-likeness (QED) is 0.920. The Labute approximate surface area is 127 Å². The van der Waals surface area contributed by atoms with Crippen molar-refractivity contribution in [1.29, 1.82) is 5.26 Å². The van der Waals surface area contributed by atoms with E-state index in [2.05, 4.69) is 0 Å². The molecule has 0 saturated heterocycles. The van der Waals surface area contributed by atoms with Gasteiger partial charge in [-0.15, -0.1) is 0 Å². The van der Waals surface area contributed by atoms with Crippen molar-refractivity contribution < 1.29 is 9.13 Å². The number of para-hydroxylation sites is 1. The second-order valence-electron chi connectivity index (χ2n) is 4.47. The van der Waals surface area contributed by atoms with Gasteiger partial charge in [0.25, 0.3) is 0 Å². The summed E-state index contributed by atoms with van der Waals surface area (Å²) < 4.78 is 19.0. The van der Waals surface area contributed by atoms with E-state index < -0.39 is 5.82 Å². The summed E-state index contributed by atoms with van der Waals surface area (Å²) in [7, 11) is 0. The predicted octanol–water partition coefficient (Wildman–Crippen LogP) is 3.43. The highest BCUT2D eigenvalue weighted by molar-refractivity contribution is 6.32. The zero-order valence-electron chi connectivity index (χ0n) is 11.3. The molecule has 108 valence electrons. The molecule has 2 N–H and O–H groups in total. The Bertz CT molecular complexity index is 682. The van der Waals surface area contributed by atoms with Gasteiger partial charge in [-0.2, -0.15) is 5.26 Å². The number of halogens is 2. The zero-order valence-corrected chi connectivity index (χ0v) is 12.0. The summed E-state index contributed by atoms with van der Waals surface area (Å²) in [6.07, 6.45) is 0.629. The van der Waals surface area contributed by atoms with Gasteiger partial charge in [-0.3, -0.25) is 0 Å². The van der Waals surface area contributed by atoms with E-state index in [1.165, 1.54) is 18.2 Å². The van der Waals surface area contributed by atoms with Crippen LogP contribution < -0.4 is 10.5 Å². The van der Waals surface area contributed by atoms with E-state index in [0.29, 0.717) is 34.9 Å². The van der Waals surface area contributed by atoms with Crippen LogP contribution in [0.25, 0.3) is 0 Å². The predicted molar refractivity (Wildman–Crippen MR) is 79.7 cm³/mol. The van der Waals surface area contributed by atoms with Gasteiger partial charge < -0.3 is 10.5 Å². The van der Waals surface area contributed by atoms with E-state index in [0.717, 1.165) is 5.56 Å². The number of nitrogens with two attached hydrogens (primary N) is 1. The number of hydrogen-bond acceptors (Lipinski definition) is 3. The van der Waals surface area contributed by atoms with Gasteiger partial charge in [0.1, 0.15) is 18.2 Å². The maximum absolute atomic E-state index is 13.3. The third kappa shape index (κ3) is 3.72. The van der Waals surface area contributed by atoms with Crippen molar-refractivity contribution in [1.82, 2.24) is 0 Å². The maximum Gasteiger partial charge on any atom is 0.141 e. The van der Waals surface area contributed by atoms with Crippen LogP contribution in [0, 0.1) is 17.1 Å². The van der Waals surface area contributed by atoms with Crippen molar-refractivity contribution in [2.45, 2.75) is 13.0 Å². The second kappa shape index (κ2) is 7.07. The highest BCUT2D eigenvalue weighted by Crippen LogP contribution is 2.30. The Morgan fingerprint density at radius 2 is 2.05 bits per heavy atom. The fourth-order valence-electron chi connectivity index (χ4n) is 2.01. The van der Waals surface area contributed by atoms with Crippen LogP contribution in [0.15, 0.2) is 36.4 Å². The standard InChI is InChI=1S/C16H14ClFN2O/c17-15-3-1-2-11(6-7-19)16(15)21-10-13-8-14(18)5-4-12(13)9-20/h1-5,8H,6-7,10,19H2. The van der Waals surface area contributed by atoms with Gasteiger partial charge in [0.15, 0.2) is 0 Å². The molecule has 2 aromatic rings. The smallest absolute Gasteiger partial charge is 0.141 e. The lowest BCUT2D eigenvalue weighted by atomic mass is 10.1. The fourth-order valence-corrected chi connectivity index (χ4v) is 2.26. The lowest BCUT2D eigenvalue weighted by molar-refractivity contribution is 0.302. The molecule has 0 unspecified atom stereocenters. The molecule has 3 nitrogen and oxygen atoms in total. The highest BCUT2D eigenvalue weighted by Gasteiger charge is 2.10. The molecule has 0 spiro atoms. The van der Waals surface area contributed by atoms with Crippen LogP contribution in [0.1, 0.15) is 16.7 Å². The Balaban J connectivity index is 2.25. The Morgan fingerprint density at radius 3 is 2.76 bits per heavy atom. The molecule has 0 atom stereocenters. The minimum Gasteiger partial charge on any atom is -0.487 e. The molecule has 0 amide bonds. The van der Waals surface area contributed by atoms with Crippen molar-refractivity contribution in [3.8, 4) is 11.8 Å². The monoisotopic (exact) mass is 304 g/mol. The molecule has 0 heterocycles. The van der Waals surface area contributed by atoms with Crippen molar-refractivity contribution >= 4 is 11.6 Å². The molecule has 0 radical (unpaired) electrons. The molecule has 2 aromatic carbocycles. The molecule has 21 heavy (non-hydrogen) atoms. The normalized spacial score (nSPS) is 10.2. The minimum absolute atomic E-state index is 0.0714. The zero-order chi connectivity index (χ0) is 15.2. The van der Waals surface area contributed by atoms with Gasteiger partial charge >= 0.3 is 0 Å². The number of hydrogen-bond donors (Lipinski definition) is 1. The summed E-state index contributed by atoms with van der Waals surface area (Å²) in [5, 5.41) is 9.50. The molecular formula is C16H14ClFN2O. The second-order valence-corrected chi connectivity index (χ2v) is 4.88. The van der Waals surface area contributed by atoms with Crippen LogP contribution in [0.5, 0.6) is 5.75 Å². The number of rotatable bonds is 5. The molecule has 0 bridgehead atoms. The van der Waals surface area contributed by atoms with Crippen LogP contribution in [0.2, 0.25) is 5.02 Å². The molecule has 0 aromatic heterocycles. The van der Waals surface area contributed by atoms with Gasteiger partial charge in [-0.1, -0.05) is 23.7 Å². The van der Waals surface area contributed by atoms with Crippen molar-refractivity contribution in [2.75, 3.05) is 6.54 Å². The van der Waals surface area contributed by atoms with E-state index in [1.807, 2.05) is 18.2 Å². The van der Waals surface area contributed by atoms with Crippen LogP contribution in [0.3, 0.4) is 0 Å². The Kier molecular flexibility index (Phi) is 5.15. The maximum atomic E-state index is 13.3. The average molecular weight is 305 g/mol. The first-order chi connectivity index (χ1) is 10.2. The van der Waals surface area contributed by atoms with Crippen LogP contribution in [-0.2, 0) is 13.0 Å². The average Bonchev–Trinajstić information content (AvgIpc) is 2.47. The van der Waals surface area contributed by atoms with E-state index in [4.69, 9.17) is 27.3 Å². The molecule has 0 aliphatic carbocycles. The molecule has 0 aliphatic rings. The lowest BCUT2D eigenvalue weighted by Gasteiger charge is -2.13. The first-order valence-corrected chi connectivity index (χ1v) is 6.82. The van der Waals surface area contributed by atoms with Gasteiger partial charge in [0.2, 0.25) is 0 Å². The molecule has 0 saturated carbocycles. The summed E-state index contributed by atoms with van der Waals surface area (Å²) in [5.74, 6) is 0.117. The number of benzene rings is 2. The van der Waals surface area contributed by atoms with E-state index in [-0.39, 0.29) is 6.61 Å². The fraction of sp³-hybridized carbons (Fsp3) is 0.188. The Hall–Kier alpha value is -2.09. The number of nitrogens with zero attached hydrogens (tertiary/aromatic N) is 1. The minimum atomic E-state index is -0.408. The van der Waals surface area contributed by atoms with Gasteiger partial charge in [-0.25, -0.2) is 4.39 Å². The first kappa shape index (κ1) is 15.3. The van der Waals surface area contributed by atoms with Crippen molar-refractivity contribution in [2.24, 2.45) is 5.73 Å². The lowest BCUT2D eigenvalue weighted by Crippen LogP contribution is -2.06. The number of nitriles is 1. The SMILES string of the molecule is N#Cc1ccc(F)cc1COc1c(Cl)cccc1CCN. The first-order valence-electron chi connectivity index (χ1n) is 6.44. The van der Waals surface area contributed by atoms with Crippen LogP contribution in [-0.4, -0.2) is 6.54 Å². The van der Waals surface area contributed by atoms with E-state index >= 15 is 0 Å². The summed E-state index contributed by atoms with van der Waals surface area (Å²) in [6, 6.07) is 11.4. The van der Waals surface area contributed by atoms with Crippen LogP contribution in [0.4, 0.5) is 4.39 Å². The third-order valence-corrected chi connectivity index (χ3v) is 3.32. The molecule has 0 aliphatic heterocycles. The molecule has 0 fully saturated rings. The molecule has 5 heteroatoms. The summed E-state index contributed by atoms with van der Waals surface area (Å²) in [4.78, 5) is 0. The van der Waals surface area contributed by atoms with Gasteiger partial charge in [0.05, 0.1) is 16.7 Å². The Morgan fingerprint density at radius 1 is 1.24 bits per heavy atom. The van der Waals surface area contributed by atoms with E-state index in [1.54, 1.807) is 6.07 Å². The van der Waals surface area contributed by atoms with Crippen LogP contribution >= 0.6 is 11.6 Å². The summed E-state index contributed by atoms with van der Waals surface area (Å²) in [5.41, 5.74) is 7.31. The third-order valence-electron chi connectivity index (χ3n) is 3.02. The summed E-state index contributed by atoms with van der Waals surface area (Å²) in [6.45, 7) is 0.544. The van der Waals surface area contributed by atoms with Gasteiger partial charge in [0, 0.05) is 5.56 Å². The highest BCUT2D eigenvalue weighted by atomic mass is 35.5. The largest absolute Gasteiger partial charge is 0.487 e. The van der Waals surface area contributed by atoms with Crippen molar-refractivity contribution in [3.05, 3.63) is 63.9 Å². The topological polar surface area (TPSA) is 59.0 Å².